The fourth-order valence-corrected chi connectivity index (χ4v) is 1.65. The minimum Gasteiger partial charge on any atom is -0.440 e. The SMILES string of the molecule is Cc1oc(-c2cnn(C)c2)nc1C(=O)NCC(C)(C)N. The van der Waals surface area contributed by atoms with Crippen LogP contribution in [0.2, 0.25) is 0 Å². The predicted molar refractivity (Wildman–Crippen MR) is 74.0 cm³/mol. The van der Waals surface area contributed by atoms with Gasteiger partial charge in [-0.25, -0.2) is 4.98 Å². The van der Waals surface area contributed by atoms with E-state index < -0.39 is 5.54 Å². The first-order valence-corrected chi connectivity index (χ1v) is 6.30. The van der Waals surface area contributed by atoms with Crippen LogP contribution in [0, 0.1) is 6.92 Å². The van der Waals surface area contributed by atoms with Crippen molar-refractivity contribution in [3.05, 3.63) is 23.8 Å². The first-order chi connectivity index (χ1) is 9.26. The maximum atomic E-state index is 12.1. The van der Waals surface area contributed by atoms with E-state index in [1.54, 1.807) is 31.0 Å². The van der Waals surface area contributed by atoms with Crippen LogP contribution in [-0.2, 0) is 7.05 Å². The van der Waals surface area contributed by atoms with Gasteiger partial charge in [-0.05, 0) is 20.8 Å². The van der Waals surface area contributed by atoms with Crippen molar-refractivity contribution in [3.8, 4) is 11.5 Å². The maximum Gasteiger partial charge on any atom is 0.273 e. The molecule has 108 valence electrons. The number of oxazole rings is 1. The van der Waals surface area contributed by atoms with Crippen LogP contribution >= 0.6 is 0 Å². The summed E-state index contributed by atoms with van der Waals surface area (Å²) in [5.74, 6) is 0.559. The van der Waals surface area contributed by atoms with E-state index in [0.717, 1.165) is 5.56 Å². The largest absolute Gasteiger partial charge is 0.440 e. The molecule has 0 fully saturated rings. The Balaban J connectivity index is 2.17. The van der Waals surface area contributed by atoms with E-state index in [2.05, 4.69) is 15.4 Å². The van der Waals surface area contributed by atoms with Crippen LogP contribution in [0.3, 0.4) is 0 Å². The van der Waals surface area contributed by atoms with Crippen molar-refractivity contribution >= 4 is 5.91 Å². The zero-order chi connectivity index (χ0) is 14.9. The second kappa shape index (κ2) is 5.09. The molecular formula is C13H19N5O2. The first kappa shape index (κ1) is 14.3. The highest BCUT2D eigenvalue weighted by Crippen LogP contribution is 2.20. The lowest BCUT2D eigenvalue weighted by Crippen LogP contribution is -2.45. The minimum atomic E-state index is -0.473. The Labute approximate surface area is 117 Å². The van der Waals surface area contributed by atoms with Gasteiger partial charge >= 0.3 is 0 Å². The molecule has 0 aliphatic carbocycles. The Morgan fingerprint density at radius 1 is 1.55 bits per heavy atom. The standard InChI is InChI=1S/C13H19N5O2/c1-8-10(11(19)15-7-13(2,3)14)17-12(20-8)9-5-16-18(4)6-9/h5-6H,7,14H2,1-4H3,(H,15,19). The van der Waals surface area contributed by atoms with Gasteiger partial charge in [0.15, 0.2) is 5.69 Å². The van der Waals surface area contributed by atoms with E-state index in [1.807, 2.05) is 13.8 Å². The molecule has 7 heteroatoms. The van der Waals surface area contributed by atoms with Crippen molar-refractivity contribution in [1.29, 1.82) is 0 Å². The molecule has 2 aromatic rings. The molecule has 0 atom stereocenters. The van der Waals surface area contributed by atoms with Crippen LogP contribution in [0.15, 0.2) is 16.8 Å². The van der Waals surface area contributed by atoms with Gasteiger partial charge in [0.2, 0.25) is 5.89 Å². The van der Waals surface area contributed by atoms with Gasteiger partial charge in [0, 0.05) is 25.3 Å². The van der Waals surface area contributed by atoms with Crippen LogP contribution < -0.4 is 11.1 Å². The topological polar surface area (TPSA) is 99.0 Å². The van der Waals surface area contributed by atoms with Gasteiger partial charge in [-0.1, -0.05) is 0 Å². The predicted octanol–water partition coefficient (Wildman–Crippen LogP) is 0.851. The monoisotopic (exact) mass is 277 g/mol. The van der Waals surface area contributed by atoms with Gasteiger partial charge in [-0.3, -0.25) is 9.48 Å². The van der Waals surface area contributed by atoms with E-state index in [4.69, 9.17) is 10.2 Å². The van der Waals surface area contributed by atoms with Crippen molar-refractivity contribution in [2.75, 3.05) is 6.54 Å². The molecule has 20 heavy (non-hydrogen) atoms. The van der Waals surface area contributed by atoms with Gasteiger partial charge in [0.1, 0.15) is 5.76 Å². The second-order valence-electron chi connectivity index (χ2n) is 5.50. The van der Waals surface area contributed by atoms with Crippen LogP contribution in [0.5, 0.6) is 0 Å². The lowest BCUT2D eigenvalue weighted by molar-refractivity contribution is 0.0940. The van der Waals surface area contributed by atoms with Crippen LogP contribution in [0.25, 0.3) is 11.5 Å². The molecule has 0 aromatic carbocycles. The average Bonchev–Trinajstić information content (AvgIpc) is 2.91. The van der Waals surface area contributed by atoms with E-state index in [-0.39, 0.29) is 11.6 Å². The highest BCUT2D eigenvalue weighted by molar-refractivity contribution is 5.93. The molecule has 0 saturated carbocycles. The normalized spacial score (nSPS) is 11.7. The van der Waals surface area contributed by atoms with Gasteiger partial charge < -0.3 is 15.5 Å². The Kier molecular flexibility index (Phi) is 3.63. The number of amides is 1. The molecular weight excluding hydrogens is 258 g/mol. The van der Waals surface area contributed by atoms with Crippen molar-refractivity contribution in [2.24, 2.45) is 12.8 Å². The summed E-state index contributed by atoms with van der Waals surface area (Å²) in [6, 6.07) is 0. The molecule has 0 aliphatic rings. The molecule has 0 radical (unpaired) electrons. The highest BCUT2D eigenvalue weighted by Gasteiger charge is 2.20. The number of hydrogen-bond acceptors (Lipinski definition) is 5. The van der Waals surface area contributed by atoms with Crippen molar-refractivity contribution in [2.45, 2.75) is 26.3 Å². The number of aryl methyl sites for hydroxylation is 2. The Morgan fingerprint density at radius 3 is 2.80 bits per heavy atom. The minimum absolute atomic E-state index is 0.271. The highest BCUT2D eigenvalue weighted by atomic mass is 16.4. The molecule has 2 heterocycles. The molecule has 0 aliphatic heterocycles. The number of carbonyl (C=O) groups excluding carboxylic acids is 1. The van der Waals surface area contributed by atoms with Gasteiger partial charge in [-0.2, -0.15) is 5.10 Å². The number of rotatable bonds is 4. The Hall–Kier alpha value is -2.15. The summed E-state index contributed by atoms with van der Waals surface area (Å²) in [6.45, 7) is 5.74. The van der Waals surface area contributed by atoms with Gasteiger partial charge in [0.05, 0.1) is 11.8 Å². The molecule has 0 unspecified atom stereocenters. The summed E-state index contributed by atoms with van der Waals surface area (Å²) in [7, 11) is 1.80. The van der Waals surface area contributed by atoms with E-state index in [9.17, 15) is 4.79 Å². The number of carbonyl (C=O) groups is 1. The third-order valence-electron chi connectivity index (χ3n) is 2.67. The molecule has 2 aromatic heterocycles. The fraction of sp³-hybridized carbons (Fsp3) is 0.462. The lowest BCUT2D eigenvalue weighted by atomic mass is 10.1. The summed E-state index contributed by atoms with van der Waals surface area (Å²) >= 11 is 0. The van der Waals surface area contributed by atoms with Crippen molar-refractivity contribution in [1.82, 2.24) is 20.1 Å². The molecule has 7 nitrogen and oxygen atoms in total. The number of aromatic nitrogens is 3. The zero-order valence-corrected chi connectivity index (χ0v) is 12.1. The van der Waals surface area contributed by atoms with E-state index in [1.165, 1.54) is 0 Å². The molecule has 0 saturated heterocycles. The molecule has 0 spiro atoms. The molecule has 1 amide bonds. The smallest absolute Gasteiger partial charge is 0.273 e. The molecule has 0 bridgehead atoms. The zero-order valence-electron chi connectivity index (χ0n) is 12.1. The summed E-state index contributed by atoms with van der Waals surface area (Å²) in [4.78, 5) is 16.3. The molecule has 3 N–H and O–H groups in total. The van der Waals surface area contributed by atoms with Crippen molar-refractivity contribution < 1.29 is 9.21 Å². The second-order valence-corrected chi connectivity index (χ2v) is 5.50. The third-order valence-corrected chi connectivity index (χ3v) is 2.67. The van der Waals surface area contributed by atoms with Crippen molar-refractivity contribution in [3.63, 3.8) is 0 Å². The fourth-order valence-electron chi connectivity index (χ4n) is 1.65. The Bertz CT molecular complexity index is 621. The van der Waals surface area contributed by atoms with E-state index in [0.29, 0.717) is 18.2 Å². The number of hydrogen-bond donors (Lipinski definition) is 2. The third kappa shape index (κ3) is 3.24. The quantitative estimate of drug-likeness (QED) is 0.863. The molecule has 2 rings (SSSR count). The van der Waals surface area contributed by atoms with Crippen LogP contribution in [-0.4, -0.2) is 32.8 Å². The summed E-state index contributed by atoms with van der Waals surface area (Å²) < 4.78 is 7.15. The van der Waals surface area contributed by atoms with Gasteiger partial charge in [0.25, 0.3) is 5.91 Å². The summed E-state index contributed by atoms with van der Waals surface area (Å²) in [6.07, 6.45) is 3.41. The lowest BCUT2D eigenvalue weighted by Gasteiger charge is -2.18. The maximum absolute atomic E-state index is 12.1. The average molecular weight is 277 g/mol. The summed E-state index contributed by atoms with van der Waals surface area (Å²) in [5.41, 5.74) is 6.36. The van der Waals surface area contributed by atoms with E-state index >= 15 is 0 Å². The summed E-state index contributed by atoms with van der Waals surface area (Å²) in [5, 5.41) is 6.79. The van der Waals surface area contributed by atoms with Gasteiger partial charge in [-0.15, -0.1) is 0 Å². The Morgan fingerprint density at radius 2 is 2.25 bits per heavy atom. The number of nitrogens with two attached hydrogens (primary N) is 1. The van der Waals surface area contributed by atoms with Crippen LogP contribution in [0.4, 0.5) is 0 Å². The van der Waals surface area contributed by atoms with Crippen LogP contribution in [0.1, 0.15) is 30.1 Å². The number of nitrogens with one attached hydrogen (secondary N) is 1. The first-order valence-electron chi connectivity index (χ1n) is 6.30. The number of nitrogens with zero attached hydrogens (tertiary/aromatic N) is 3.